The third kappa shape index (κ3) is 4.42. The van der Waals surface area contributed by atoms with Crippen LogP contribution in [0.1, 0.15) is 33.3 Å². The molecule has 5 nitrogen and oxygen atoms in total. The number of morpholine rings is 1. The fourth-order valence-electron chi connectivity index (χ4n) is 2.83. The molecular formula is C18H26BrNO4. The van der Waals surface area contributed by atoms with E-state index in [1.807, 2.05) is 44.7 Å². The quantitative estimate of drug-likeness (QED) is 0.734. The summed E-state index contributed by atoms with van der Waals surface area (Å²) >= 11 is 3.55. The number of halogens is 1. The van der Waals surface area contributed by atoms with E-state index in [2.05, 4.69) is 15.9 Å². The van der Waals surface area contributed by atoms with Gasteiger partial charge >= 0.3 is 0 Å². The molecule has 0 saturated carbocycles. The highest BCUT2D eigenvalue weighted by Crippen LogP contribution is 2.34. The standard InChI is InChI=1S/C18H26BrNO4/c1-5-23-15-9-13(14(19)11-16(15)24-6-2)10-17(21)20-7-8-22-12-18(20,3)4/h9,11H,5-8,10,12H2,1-4H3. The average Bonchev–Trinajstić information content (AvgIpc) is 2.51. The number of carbonyl (C=O) groups excluding carboxylic acids is 1. The van der Waals surface area contributed by atoms with Gasteiger partial charge in [0, 0.05) is 11.0 Å². The molecule has 0 aliphatic carbocycles. The van der Waals surface area contributed by atoms with Gasteiger partial charge < -0.3 is 19.1 Å². The molecule has 0 bridgehead atoms. The molecule has 1 amide bonds. The average molecular weight is 400 g/mol. The first-order valence-electron chi connectivity index (χ1n) is 8.35. The van der Waals surface area contributed by atoms with Crippen molar-refractivity contribution in [2.24, 2.45) is 0 Å². The van der Waals surface area contributed by atoms with Gasteiger partial charge in [0.1, 0.15) is 0 Å². The Balaban J connectivity index is 2.22. The van der Waals surface area contributed by atoms with Crippen LogP contribution in [0.2, 0.25) is 0 Å². The maximum Gasteiger partial charge on any atom is 0.227 e. The first-order chi connectivity index (χ1) is 11.4. The molecule has 1 heterocycles. The minimum Gasteiger partial charge on any atom is -0.490 e. The second-order valence-electron chi connectivity index (χ2n) is 6.34. The fourth-order valence-corrected chi connectivity index (χ4v) is 3.29. The van der Waals surface area contributed by atoms with Gasteiger partial charge in [0.2, 0.25) is 5.91 Å². The molecule has 0 unspecified atom stereocenters. The Labute approximate surface area is 152 Å². The van der Waals surface area contributed by atoms with E-state index in [4.69, 9.17) is 14.2 Å². The number of benzene rings is 1. The van der Waals surface area contributed by atoms with Crippen molar-refractivity contribution >= 4 is 21.8 Å². The van der Waals surface area contributed by atoms with E-state index in [-0.39, 0.29) is 11.4 Å². The Kier molecular flexibility index (Phi) is 6.52. The second-order valence-corrected chi connectivity index (χ2v) is 7.20. The highest BCUT2D eigenvalue weighted by molar-refractivity contribution is 9.10. The van der Waals surface area contributed by atoms with E-state index in [0.717, 1.165) is 10.0 Å². The van der Waals surface area contributed by atoms with Gasteiger partial charge in [0.05, 0.1) is 38.4 Å². The Morgan fingerprint density at radius 3 is 2.46 bits per heavy atom. The Hall–Kier alpha value is -1.27. The normalized spacial score (nSPS) is 16.8. The molecule has 0 aromatic heterocycles. The summed E-state index contributed by atoms with van der Waals surface area (Å²) in [5.74, 6) is 1.45. The Morgan fingerprint density at radius 1 is 1.25 bits per heavy atom. The zero-order valence-electron chi connectivity index (χ0n) is 14.9. The fraction of sp³-hybridized carbons (Fsp3) is 0.611. The molecule has 0 radical (unpaired) electrons. The Morgan fingerprint density at radius 2 is 1.88 bits per heavy atom. The predicted molar refractivity (Wildman–Crippen MR) is 96.8 cm³/mol. The van der Waals surface area contributed by atoms with Crippen LogP contribution in [0.15, 0.2) is 16.6 Å². The van der Waals surface area contributed by atoms with Crippen molar-refractivity contribution in [2.45, 2.75) is 39.7 Å². The molecule has 0 N–H and O–H groups in total. The van der Waals surface area contributed by atoms with Crippen molar-refractivity contribution in [3.05, 3.63) is 22.2 Å². The minimum absolute atomic E-state index is 0.0932. The van der Waals surface area contributed by atoms with Crippen molar-refractivity contribution in [3.63, 3.8) is 0 Å². The number of rotatable bonds is 6. The summed E-state index contributed by atoms with van der Waals surface area (Å²) in [6.07, 6.45) is 0.316. The zero-order chi connectivity index (χ0) is 17.7. The minimum atomic E-state index is -0.282. The molecule has 1 aromatic carbocycles. The van der Waals surface area contributed by atoms with E-state index in [1.165, 1.54) is 0 Å². The molecule has 24 heavy (non-hydrogen) atoms. The highest BCUT2D eigenvalue weighted by atomic mass is 79.9. The largest absolute Gasteiger partial charge is 0.490 e. The molecule has 1 aliphatic rings. The lowest BCUT2D eigenvalue weighted by Crippen LogP contribution is -2.55. The first-order valence-corrected chi connectivity index (χ1v) is 9.14. The molecule has 1 saturated heterocycles. The van der Waals surface area contributed by atoms with Gasteiger partial charge in [-0.1, -0.05) is 15.9 Å². The molecule has 6 heteroatoms. The van der Waals surface area contributed by atoms with Crippen LogP contribution >= 0.6 is 15.9 Å². The summed E-state index contributed by atoms with van der Waals surface area (Å²) in [5, 5.41) is 0. The van der Waals surface area contributed by atoms with Crippen LogP contribution in [0, 0.1) is 0 Å². The van der Waals surface area contributed by atoms with Gasteiger partial charge in [-0.2, -0.15) is 0 Å². The molecule has 2 rings (SSSR count). The van der Waals surface area contributed by atoms with Crippen molar-refractivity contribution in [1.29, 1.82) is 0 Å². The molecule has 1 aromatic rings. The van der Waals surface area contributed by atoms with E-state index < -0.39 is 0 Å². The summed E-state index contributed by atoms with van der Waals surface area (Å²) in [7, 11) is 0. The number of ether oxygens (including phenoxy) is 3. The summed E-state index contributed by atoms with van der Waals surface area (Å²) in [4.78, 5) is 14.7. The molecule has 1 fully saturated rings. The third-order valence-corrected chi connectivity index (χ3v) is 4.74. The second kappa shape index (κ2) is 8.21. The maximum absolute atomic E-state index is 12.8. The molecule has 0 spiro atoms. The van der Waals surface area contributed by atoms with Gasteiger partial charge in [0.25, 0.3) is 0 Å². The van der Waals surface area contributed by atoms with Crippen LogP contribution in [0.3, 0.4) is 0 Å². The first kappa shape index (κ1) is 19.1. The summed E-state index contributed by atoms with van der Waals surface area (Å²) in [6, 6.07) is 3.77. The number of hydrogen-bond donors (Lipinski definition) is 0. The van der Waals surface area contributed by atoms with Crippen LogP contribution in [0.5, 0.6) is 11.5 Å². The van der Waals surface area contributed by atoms with Crippen LogP contribution in [0.25, 0.3) is 0 Å². The smallest absolute Gasteiger partial charge is 0.227 e. The zero-order valence-corrected chi connectivity index (χ0v) is 16.4. The lowest BCUT2D eigenvalue weighted by molar-refractivity contribution is -0.145. The molecule has 134 valence electrons. The van der Waals surface area contributed by atoms with Crippen LogP contribution in [-0.2, 0) is 16.0 Å². The van der Waals surface area contributed by atoms with Gasteiger partial charge in [-0.3, -0.25) is 4.79 Å². The van der Waals surface area contributed by atoms with Gasteiger partial charge in [-0.05, 0) is 45.4 Å². The van der Waals surface area contributed by atoms with Gasteiger partial charge in [-0.15, -0.1) is 0 Å². The van der Waals surface area contributed by atoms with Gasteiger partial charge in [-0.25, -0.2) is 0 Å². The Bertz CT molecular complexity index is 589. The van der Waals surface area contributed by atoms with E-state index in [9.17, 15) is 4.79 Å². The molecular weight excluding hydrogens is 374 g/mol. The number of nitrogens with zero attached hydrogens (tertiary/aromatic N) is 1. The number of carbonyl (C=O) groups is 1. The van der Waals surface area contributed by atoms with Crippen molar-refractivity contribution in [2.75, 3.05) is 33.0 Å². The van der Waals surface area contributed by atoms with Crippen LogP contribution < -0.4 is 9.47 Å². The highest BCUT2D eigenvalue weighted by Gasteiger charge is 2.34. The number of hydrogen-bond acceptors (Lipinski definition) is 4. The monoisotopic (exact) mass is 399 g/mol. The van der Waals surface area contributed by atoms with Crippen molar-refractivity contribution < 1.29 is 19.0 Å². The van der Waals surface area contributed by atoms with Crippen molar-refractivity contribution in [3.8, 4) is 11.5 Å². The van der Waals surface area contributed by atoms with Gasteiger partial charge in [0.15, 0.2) is 11.5 Å². The lowest BCUT2D eigenvalue weighted by Gasteiger charge is -2.42. The van der Waals surface area contributed by atoms with E-state index >= 15 is 0 Å². The maximum atomic E-state index is 12.8. The van der Waals surface area contributed by atoms with E-state index in [1.54, 1.807) is 0 Å². The molecule has 1 aliphatic heterocycles. The topological polar surface area (TPSA) is 48.0 Å². The third-order valence-electron chi connectivity index (χ3n) is 4.00. The summed E-state index contributed by atoms with van der Waals surface area (Å²) in [5.41, 5.74) is 0.615. The lowest BCUT2D eigenvalue weighted by atomic mass is 10.0. The molecule has 0 atom stereocenters. The van der Waals surface area contributed by atoms with Crippen LogP contribution in [-0.4, -0.2) is 49.3 Å². The number of amides is 1. The predicted octanol–water partition coefficient (Wildman–Crippen LogP) is 3.43. The van der Waals surface area contributed by atoms with E-state index in [0.29, 0.717) is 50.9 Å². The van der Waals surface area contributed by atoms with Crippen LogP contribution in [0.4, 0.5) is 0 Å². The summed E-state index contributed by atoms with van der Waals surface area (Å²) < 4.78 is 17.6. The summed E-state index contributed by atoms with van der Waals surface area (Å²) in [6.45, 7) is 10.8. The SMILES string of the molecule is CCOc1cc(Br)c(CC(=O)N2CCOCC2(C)C)cc1OCC. The van der Waals surface area contributed by atoms with Crippen molar-refractivity contribution in [1.82, 2.24) is 4.90 Å².